The van der Waals surface area contributed by atoms with Gasteiger partial charge >= 0.3 is 11.9 Å². The average molecular weight is 282 g/mol. The summed E-state index contributed by atoms with van der Waals surface area (Å²) in [5.74, 6) is -1.17. The van der Waals surface area contributed by atoms with Crippen LogP contribution in [0.3, 0.4) is 0 Å². The largest absolute Gasteiger partial charge is 0.469 e. The number of nitrogens with zero attached hydrogens (tertiary/aromatic N) is 2. The summed E-state index contributed by atoms with van der Waals surface area (Å²) >= 11 is 0. The van der Waals surface area contributed by atoms with E-state index < -0.39 is 22.1 Å². The van der Waals surface area contributed by atoms with Crippen molar-refractivity contribution in [3.63, 3.8) is 0 Å². The fraction of sp³-hybridized carbons (Fsp3) is 0.778. The van der Waals surface area contributed by atoms with Crippen LogP contribution in [0, 0.1) is 0 Å². The highest BCUT2D eigenvalue weighted by atomic mass is 32.2. The second-order valence-corrected chi connectivity index (χ2v) is 5.63. The average Bonchev–Trinajstić information content (AvgIpc) is 2.34. The minimum absolute atomic E-state index is 0.0273. The van der Waals surface area contributed by atoms with Crippen molar-refractivity contribution in [3.05, 3.63) is 0 Å². The predicted molar refractivity (Wildman–Crippen MR) is 62.8 cm³/mol. The maximum atomic E-state index is 11.9. The third-order valence-corrected chi connectivity index (χ3v) is 4.11. The molecule has 18 heavy (non-hydrogen) atoms. The van der Waals surface area contributed by atoms with Gasteiger partial charge in [0.2, 0.25) is 0 Å². The van der Waals surface area contributed by atoms with E-state index in [4.69, 9.17) is 0 Å². The third kappa shape index (κ3) is 4.98. The number of esters is 2. The van der Waals surface area contributed by atoms with Crippen molar-refractivity contribution in [2.24, 2.45) is 0 Å². The zero-order chi connectivity index (χ0) is 14.3. The molecule has 0 aliphatic heterocycles. The zero-order valence-electron chi connectivity index (χ0n) is 10.9. The van der Waals surface area contributed by atoms with E-state index in [1.165, 1.54) is 28.3 Å². The molecule has 0 bridgehead atoms. The molecule has 0 N–H and O–H groups in total. The summed E-state index contributed by atoms with van der Waals surface area (Å²) in [5, 5.41) is 0. The molecule has 0 aromatic heterocycles. The van der Waals surface area contributed by atoms with Crippen LogP contribution in [0.25, 0.3) is 0 Å². The van der Waals surface area contributed by atoms with Gasteiger partial charge in [0.1, 0.15) is 6.54 Å². The van der Waals surface area contributed by atoms with E-state index in [9.17, 15) is 18.0 Å². The highest BCUT2D eigenvalue weighted by Gasteiger charge is 2.26. The lowest BCUT2D eigenvalue weighted by molar-refractivity contribution is -0.141. The lowest BCUT2D eigenvalue weighted by Crippen LogP contribution is -2.42. The van der Waals surface area contributed by atoms with Crippen LogP contribution in [0.2, 0.25) is 0 Å². The summed E-state index contributed by atoms with van der Waals surface area (Å²) < 4.78 is 34.3. The number of ether oxygens (including phenoxy) is 2. The molecule has 0 amide bonds. The van der Waals surface area contributed by atoms with Crippen molar-refractivity contribution < 1.29 is 27.5 Å². The molecule has 0 rings (SSSR count). The first-order valence-electron chi connectivity index (χ1n) is 5.07. The molecule has 0 aromatic carbocycles. The van der Waals surface area contributed by atoms with E-state index in [-0.39, 0.29) is 19.5 Å². The lowest BCUT2D eigenvalue weighted by atomic mass is 10.4. The van der Waals surface area contributed by atoms with Crippen molar-refractivity contribution in [3.8, 4) is 0 Å². The second kappa shape index (κ2) is 7.29. The van der Waals surface area contributed by atoms with Gasteiger partial charge in [0.15, 0.2) is 0 Å². The molecule has 0 heterocycles. The van der Waals surface area contributed by atoms with Gasteiger partial charge < -0.3 is 9.47 Å². The number of carbonyl (C=O) groups excluding carboxylic acids is 2. The summed E-state index contributed by atoms with van der Waals surface area (Å²) in [5.41, 5.74) is 0. The molecule has 0 saturated carbocycles. The van der Waals surface area contributed by atoms with Gasteiger partial charge in [0.25, 0.3) is 10.2 Å². The molecule has 0 aromatic rings. The van der Waals surface area contributed by atoms with Crippen LogP contribution >= 0.6 is 0 Å². The highest BCUT2D eigenvalue weighted by molar-refractivity contribution is 7.86. The van der Waals surface area contributed by atoms with Crippen LogP contribution in [0.5, 0.6) is 0 Å². The molecule has 0 atom stereocenters. The number of hydrogen-bond acceptors (Lipinski definition) is 6. The third-order valence-electron chi connectivity index (χ3n) is 2.23. The summed E-state index contributed by atoms with van der Waals surface area (Å²) in [4.78, 5) is 21.9. The van der Waals surface area contributed by atoms with Crippen LogP contribution < -0.4 is 0 Å². The van der Waals surface area contributed by atoms with Crippen LogP contribution in [-0.2, 0) is 29.3 Å². The van der Waals surface area contributed by atoms with Crippen molar-refractivity contribution in [1.82, 2.24) is 8.61 Å². The minimum atomic E-state index is -3.79. The maximum absolute atomic E-state index is 11.9. The SMILES string of the molecule is COC(=O)CCN(C)S(=O)(=O)N(C)CC(=O)OC. The number of methoxy groups -OCH3 is 2. The quantitative estimate of drug-likeness (QED) is 0.546. The monoisotopic (exact) mass is 282 g/mol. The molecule has 0 spiro atoms. The Morgan fingerprint density at radius 3 is 1.94 bits per heavy atom. The first kappa shape index (κ1) is 16.8. The fourth-order valence-electron chi connectivity index (χ4n) is 1.03. The smallest absolute Gasteiger partial charge is 0.321 e. The Balaban J connectivity index is 4.51. The van der Waals surface area contributed by atoms with E-state index in [0.29, 0.717) is 0 Å². The van der Waals surface area contributed by atoms with E-state index in [2.05, 4.69) is 9.47 Å². The summed E-state index contributed by atoms with van der Waals surface area (Å²) in [6, 6.07) is 0. The Bertz CT molecular complexity index is 394. The minimum Gasteiger partial charge on any atom is -0.469 e. The summed E-state index contributed by atoms with van der Waals surface area (Å²) in [6.45, 7) is -0.415. The Hall–Kier alpha value is -1.19. The fourth-order valence-corrected chi connectivity index (χ4v) is 2.10. The van der Waals surface area contributed by atoms with Gasteiger partial charge in [0, 0.05) is 20.6 Å². The topological polar surface area (TPSA) is 93.2 Å². The molecule has 9 heteroatoms. The molecule has 0 saturated heterocycles. The van der Waals surface area contributed by atoms with E-state index in [1.807, 2.05) is 0 Å². The molecule has 0 aliphatic rings. The maximum Gasteiger partial charge on any atom is 0.321 e. The zero-order valence-corrected chi connectivity index (χ0v) is 11.7. The van der Waals surface area contributed by atoms with Crippen LogP contribution in [0.1, 0.15) is 6.42 Å². The van der Waals surface area contributed by atoms with Gasteiger partial charge in [-0.05, 0) is 0 Å². The molecule has 0 unspecified atom stereocenters. The Morgan fingerprint density at radius 2 is 1.50 bits per heavy atom. The second-order valence-electron chi connectivity index (χ2n) is 3.49. The first-order chi connectivity index (χ1) is 8.25. The molecule has 8 nitrogen and oxygen atoms in total. The van der Waals surface area contributed by atoms with Gasteiger partial charge in [-0.3, -0.25) is 9.59 Å². The number of hydrogen-bond donors (Lipinski definition) is 0. The first-order valence-corrected chi connectivity index (χ1v) is 6.46. The predicted octanol–water partition coefficient (Wildman–Crippen LogP) is -1.17. The van der Waals surface area contributed by atoms with Gasteiger partial charge in [-0.2, -0.15) is 17.0 Å². The molecular weight excluding hydrogens is 264 g/mol. The van der Waals surface area contributed by atoms with Gasteiger partial charge in [0.05, 0.1) is 20.6 Å². The van der Waals surface area contributed by atoms with Crippen molar-refractivity contribution in [1.29, 1.82) is 0 Å². The van der Waals surface area contributed by atoms with Crippen LogP contribution in [0.15, 0.2) is 0 Å². The molecule has 0 aliphatic carbocycles. The number of carbonyl (C=O) groups is 2. The van der Waals surface area contributed by atoms with E-state index in [1.54, 1.807) is 0 Å². The van der Waals surface area contributed by atoms with E-state index in [0.717, 1.165) is 8.61 Å². The van der Waals surface area contributed by atoms with Gasteiger partial charge in [-0.1, -0.05) is 0 Å². The number of rotatable bonds is 7. The highest BCUT2D eigenvalue weighted by Crippen LogP contribution is 2.05. The van der Waals surface area contributed by atoms with Crippen molar-refractivity contribution in [2.45, 2.75) is 6.42 Å². The Kier molecular flexibility index (Phi) is 6.81. The van der Waals surface area contributed by atoms with E-state index >= 15 is 0 Å². The van der Waals surface area contributed by atoms with Crippen molar-refractivity contribution in [2.75, 3.05) is 41.4 Å². The lowest BCUT2D eigenvalue weighted by Gasteiger charge is -2.23. The van der Waals surface area contributed by atoms with Crippen LogP contribution in [-0.4, -0.2) is 70.4 Å². The van der Waals surface area contributed by atoms with Gasteiger partial charge in [-0.15, -0.1) is 0 Å². The molecule has 0 radical (unpaired) electrons. The van der Waals surface area contributed by atoms with Crippen molar-refractivity contribution >= 4 is 22.1 Å². The summed E-state index contributed by atoms with van der Waals surface area (Å²) in [6.07, 6.45) is -0.0572. The molecule has 106 valence electrons. The molecular formula is C9H18N2O6S. The Morgan fingerprint density at radius 1 is 1.00 bits per heavy atom. The van der Waals surface area contributed by atoms with Gasteiger partial charge in [-0.25, -0.2) is 0 Å². The Labute approximate surface area is 107 Å². The summed E-state index contributed by atoms with van der Waals surface area (Å²) in [7, 11) is 1.17. The van der Waals surface area contributed by atoms with Crippen LogP contribution in [0.4, 0.5) is 0 Å². The standard InChI is InChI=1S/C9H18N2O6S/c1-10(6-5-8(12)16-3)18(14,15)11(2)7-9(13)17-4/h5-7H2,1-4H3. The number of likely N-dealkylation sites (N-methyl/N-ethyl adjacent to an activating group) is 1. The normalized spacial score (nSPS) is 11.7. The molecule has 0 fully saturated rings.